The smallest absolute Gasteiger partial charge is 0.406 e. The number of hydrogen-bond acceptors (Lipinski definition) is 5. The zero-order valence-corrected chi connectivity index (χ0v) is 19.8. The number of carbonyl (C=O) groups is 1. The number of aryl methyl sites for hydroxylation is 1. The second kappa shape index (κ2) is 9.46. The van der Waals surface area contributed by atoms with Crippen molar-refractivity contribution in [3.63, 3.8) is 0 Å². The van der Waals surface area contributed by atoms with E-state index >= 15 is 0 Å². The predicted octanol–water partition coefficient (Wildman–Crippen LogP) is 4.02. The lowest BCUT2D eigenvalue weighted by molar-refractivity contribution is -0.274. The number of piperidine rings is 1. The van der Waals surface area contributed by atoms with Crippen molar-refractivity contribution >= 4 is 5.91 Å². The molecule has 190 valence electrons. The molecule has 1 unspecified atom stereocenters. The van der Waals surface area contributed by atoms with E-state index in [-0.39, 0.29) is 30.2 Å². The van der Waals surface area contributed by atoms with Crippen molar-refractivity contribution in [2.45, 2.75) is 69.8 Å². The van der Waals surface area contributed by atoms with E-state index in [4.69, 9.17) is 0 Å². The molecule has 0 spiro atoms. The molecule has 3 fully saturated rings. The van der Waals surface area contributed by atoms with E-state index in [9.17, 15) is 23.1 Å². The maximum absolute atomic E-state index is 13.7. The van der Waals surface area contributed by atoms with Gasteiger partial charge in [0.05, 0.1) is 29.2 Å². The molecule has 1 N–H and O–H groups in total. The molecule has 10 heteroatoms. The van der Waals surface area contributed by atoms with Crippen molar-refractivity contribution < 1.29 is 27.8 Å². The van der Waals surface area contributed by atoms with Gasteiger partial charge in [0.25, 0.3) is 5.91 Å². The Morgan fingerprint density at radius 2 is 1.89 bits per heavy atom. The van der Waals surface area contributed by atoms with Gasteiger partial charge in [-0.25, -0.2) is 4.68 Å². The molecule has 2 aromatic rings. The average molecular weight is 493 g/mol. The van der Waals surface area contributed by atoms with Crippen LogP contribution in [0, 0.1) is 6.92 Å². The summed E-state index contributed by atoms with van der Waals surface area (Å²) in [4.78, 5) is 17.9. The fraction of sp³-hybridized carbons (Fsp3) is 0.600. The summed E-state index contributed by atoms with van der Waals surface area (Å²) in [5, 5.41) is 14.3. The van der Waals surface area contributed by atoms with Crippen LogP contribution in [0.15, 0.2) is 24.3 Å². The van der Waals surface area contributed by atoms with Crippen LogP contribution in [0.25, 0.3) is 5.69 Å². The van der Waals surface area contributed by atoms with Crippen molar-refractivity contribution in [3.8, 4) is 11.4 Å². The normalized spacial score (nSPS) is 22.1. The molecule has 1 aliphatic carbocycles. The first kappa shape index (κ1) is 24.1. The largest absolute Gasteiger partial charge is 0.573 e. The van der Waals surface area contributed by atoms with Gasteiger partial charge in [-0.1, -0.05) is 6.07 Å². The van der Waals surface area contributed by atoms with Crippen LogP contribution >= 0.6 is 0 Å². The van der Waals surface area contributed by atoms with Crippen molar-refractivity contribution in [3.05, 3.63) is 41.2 Å². The molecule has 1 saturated carbocycles. The van der Waals surface area contributed by atoms with E-state index in [1.807, 2.05) is 4.90 Å². The summed E-state index contributed by atoms with van der Waals surface area (Å²) < 4.78 is 43.9. The summed E-state index contributed by atoms with van der Waals surface area (Å²) in [5.74, 6) is -0.213. The number of halogens is 3. The minimum Gasteiger partial charge on any atom is -0.406 e. The minimum absolute atomic E-state index is 0.0584. The SMILES string of the molecule is Cc1nn(-c2cccc(OC(F)(F)F)c2)c(C2CC2)c1C(=O)N1CCC(N2CCCC2CO)CC1. The first-order valence-electron chi connectivity index (χ1n) is 12.4. The van der Waals surface area contributed by atoms with E-state index in [2.05, 4.69) is 14.7 Å². The van der Waals surface area contributed by atoms with Crippen LogP contribution in [-0.2, 0) is 0 Å². The third-order valence-corrected chi connectivity index (χ3v) is 7.42. The highest BCUT2D eigenvalue weighted by molar-refractivity contribution is 5.97. The highest BCUT2D eigenvalue weighted by atomic mass is 19.4. The van der Waals surface area contributed by atoms with Gasteiger partial charge in [-0.2, -0.15) is 5.10 Å². The number of nitrogens with zero attached hydrogens (tertiary/aromatic N) is 4. The van der Waals surface area contributed by atoms with Crippen molar-refractivity contribution in [1.29, 1.82) is 0 Å². The molecule has 1 aromatic heterocycles. The number of hydrogen-bond donors (Lipinski definition) is 1. The van der Waals surface area contributed by atoms with Crippen LogP contribution in [0.2, 0.25) is 0 Å². The molecule has 2 saturated heterocycles. The highest BCUT2D eigenvalue weighted by Gasteiger charge is 2.38. The van der Waals surface area contributed by atoms with Crippen LogP contribution in [0.1, 0.15) is 66.2 Å². The van der Waals surface area contributed by atoms with E-state index in [1.165, 1.54) is 18.2 Å². The lowest BCUT2D eigenvalue weighted by Crippen LogP contribution is -2.49. The van der Waals surface area contributed by atoms with Gasteiger partial charge >= 0.3 is 6.36 Å². The van der Waals surface area contributed by atoms with Gasteiger partial charge < -0.3 is 14.7 Å². The van der Waals surface area contributed by atoms with Gasteiger partial charge in [0.15, 0.2) is 0 Å². The molecule has 2 aliphatic heterocycles. The third kappa shape index (κ3) is 5.04. The Labute approximate surface area is 202 Å². The number of amides is 1. The standard InChI is InChI=1S/C25H31F3N4O3/c1-16-22(24(34)30-12-9-18(10-13-30)31-11-3-5-20(31)15-33)23(17-7-8-17)32(29-16)19-4-2-6-21(14-19)35-25(26,27)28/h2,4,6,14,17-18,20,33H,3,5,7-13,15H2,1H3. The second-order valence-corrected chi connectivity index (χ2v) is 9.82. The minimum atomic E-state index is -4.78. The number of ether oxygens (including phenoxy) is 1. The molecule has 3 aliphatic rings. The topological polar surface area (TPSA) is 70.8 Å². The van der Waals surface area contributed by atoms with Crippen LogP contribution in [0.4, 0.5) is 13.2 Å². The number of likely N-dealkylation sites (tertiary alicyclic amines) is 2. The molecule has 0 bridgehead atoms. The number of aliphatic hydroxyl groups is 1. The molecular formula is C25H31F3N4O3. The Kier molecular flexibility index (Phi) is 6.52. The first-order chi connectivity index (χ1) is 16.7. The van der Waals surface area contributed by atoms with Crippen LogP contribution in [0.3, 0.4) is 0 Å². The lowest BCUT2D eigenvalue weighted by Gasteiger charge is -2.39. The lowest BCUT2D eigenvalue weighted by atomic mass is 10.0. The van der Waals surface area contributed by atoms with Crippen LogP contribution in [0.5, 0.6) is 5.75 Å². The molecule has 0 radical (unpaired) electrons. The summed E-state index contributed by atoms with van der Waals surface area (Å²) in [7, 11) is 0. The third-order valence-electron chi connectivity index (χ3n) is 7.42. The molecule has 3 heterocycles. The van der Waals surface area contributed by atoms with Gasteiger partial charge in [0.1, 0.15) is 5.75 Å². The van der Waals surface area contributed by atoms with Gasteiger partial charge in [-0.3, -0.25) is 9.69 Å². The van der Waals surface area contributed by atoms with E-state index < -0.39 is 6.36 Å². The molecule has 7 nitrogen and oxygen atoms in total. The number of benzene rings is 1. The Hall–Kier alpha value is -2.59. The number of aliphatic hydroxyl groups excluding tert-OH is 1. The molecule has 5 rings (SSSR count). The van der Waals surface area contributed by atoms with Crippen LogP contribution in [-0.4, -0.2) is 75.3 Å². The summed E-state index contributed by atoms with van der Waals surface area (Å²) in [6.45, 7) is 4.24. The number of aromatic nitrogens is 2. The fourth-order valence-electron chi connectivity index (χ4n) is 5.65. The van der Waals surface area contributed by atoms with Crippen molar-refractivity contribution in [1.82, 2.24) is 19.6 Å². The quantitative estimate of drug-likeness (QED) is 0.660. The van der Waals surface area contributed by atoms with Gasteiger partial charge in [-0.05, 0) is 64.1 Å². The van der Waals surface area contributed by atoms with Crippen LogP contribution < -0.4 is 4.74 Å². The summed E-state index contributed by atoms with van der Waals surface area (Å²) in [6, 6.07) is 6.33. The van der Waals surface area contributed by atoms with Crippen molar-refractivity contribution in [2.24, 2.45) is 0 Å². The van der Waals surface area contributed by atoms with Gasteiger partial charge in [0, 0.05) is 37.2 Å². The Morgan fingerprint density at radius 3 is 2.54 bits per heavy atom. The molecule has 1 amide bonds. The fourth-order valence-corrected chi connectivity index (χ4v) is 5.65. The maximum atomic E-state index is 13.7. The molecule has 35 heavy (non-hydrogen) atoms. The predicted molar refractivity (Wildman–Crippen MR) is 123 cm³/mol. The highest BCUT2D eigenvalue weighted by Crippen LogP contribution is 2.44. The molecular weight excluding hydrogens is 461 g/mol. The monoisotopic (exact) mass is 492 g/mol. The summed E-state index contributed by atoms with van der Waals surface area (Å²) in [5.41, 5.74) is 2.38. The number of alkyl halides is 3. The van der Waals surface area contributed by atoms with E-state index in [1.54, 1.807) is 17.7 Å². The average Bonchev–Trinajstić information content (AvgIpc) is 3.44. The first-order valence-corrected chi connectivity index (χ1v) is 12.4. The van der Waals surface area contributed by atoms with E-state index in [0.717, 1.165) is 50.8 Å². The Morgan fingerprint density at radius 1 is 1.14 bits per heavy atom. The maximum Gasteiger partial charge on any atom is 0.573 e. The zero-order valence-electron chi connectivity index (χ0n) is 19.8. The van der Waals surface area contributed by atoms with Gasteiger partial charge in [0.2, 0.25) is 0 Å². The number of carbonyl (C=O) groups excluding carboxylic acids is 1. The molecule has 1 atom stereocenters. The second-order valence-electron chi connectivity index (χ2n) is 9.82. The summed E-state index contributed by atoms with van der Waals surface area (Å²) >= 11 is 0. The zero-order chi connectivity index (χ0) is 24.7. The Bertz CT molecular complexity index is 1070. The summed E-state index contributed by atoms with van der Waals surface area (Å²) in [6.07, 6.45) is 0.914. The van der Waals surface area contributed by atoms with E-state index in [0.29, 0.717) is 36.1 Å². The van der Waals surface area contributed by atoms with Crippen molar-refractivity contribution in [2.75, 3.05) is 26.2 Å². The number of rotatable bonds is 6. The molecule has 1 aromatic carbocycles. The van der Waals surface area contributed by atoms with Gasteiger partial charge in [-0.15, -0.1) is 13.2 Å². The Balaban J connectivity index is 1.37.